The van der Waals surface area contributed by atoms with Gasteiger partial charge in [0.25, 0.3) is 0 Å². The van der Waals surface area contributed by atoms with Crippen LogP contribution >= 0.6 is 0 Å². The molecule has 0 unspecified atom stereocenters. The van der Waals surface area contributed by atoms with Crippen LogP contribution in [0.4, 0.5) is 0 Å². The number of ether oxygens (including phenoxy) is 2. The van der Waals surface area contributed by atoms with Crippen LogP contribution < -0.4 is 5.32 Å². The van der Waals surface area contributed by atoms with Crippen LogP contribution in [0.3, 0.4) is 0 Å². The van der Waals surface area contributed by atoms with Crippen molar-refractivity contribution in [3.8, 4) is 0 Å². The maximum Gasteiger partial charge on any atom is 0.306 e. The van der Waals surface area contributed by atoms with Crippen LogP contribution in [-0.4, -0.2) is 55.7 Å². The van der Waals surface area contributed by atoms with E-state index in [2.05, 4.69) is 5.32 Å². The van der Waals surface area contributed by atoms with Crippen LogP contribution in [0.25, 0.3) is 0 Å². The van der Waals surface area contributed by atoms with E-state index in [1.807, 2.05) is 0 Å². The monoisotopic (exact) mass is 289 g/mol. The number of carboxylic acid groups (broad SMARTS) is 1. The van der Waals surface area contributed by atoms with Crippen molar-refractivity contribution in [3.63, 3.8) is 0 Å². The van der Waals surface area contributed by atoms with E-state index in [4.69, 9.17) is 14.6 Å². The Hall–Kier alpha value is -1.47. The summed E-state index contributed by atoms with van der Waals surface area (Å²) in [6.07, 6.45) is 0.510. The second-order valence-corrected chi connectivity index (χ2v) is 4.49. The summed E-state index contributed by atoms with van der Waals surface area (Å²) in [5.74, 6) is -1.63. The minimum atomic E-state index is -0.897. The molecule has 0 aromatic heterocycles. The number of carbonyl (C=O) groups excluding carboxylic acids is 2. The molecule has 0 aliphatic rings. The SMILES string of the molecule is CC(=O)COCCOCCNC(=O)CC[C@H](C)C(=O)O. The zero-order chi connectivity index (χ0) is 15.4. The van der Waals surface area contributed by atoms with E-state index in [1.54, 1.807) is 6.92 Å². The lowest BCUT2D eigenvalue weighted by Crippen LogP contribution is -2.28. The molecule has 1 atom stereocenters. The predicted octanol–water partition coefficient (Wildman–Crippen LogP) is 0.226. The molecule has 116 valence electrons. The average molecular weight is 289 g/mol. The van der Waals surface area contributed by atoms with Crippen molar-refractivity contribution in [1.82, 2.24) is 5.32 Å². The standard InChI is InChI=1S/C13H23NO6/c1-10(13(17)18)3-4-12(16)14-5-6-19-7-8-20-9-11(2)15/h10H,3-9H2,1-2H3,(H,14,16)(H,17,18)/t10-/m0/s1. The van der Waals surface area contributed by atoms with Crippen molar-refractivity contribution in [2.45, 2.75) is 26.7 Å². The Balaban J connectivity index is 3.35. The molecule has 0 aromatic carbocycles. The maximum atomic E-state index is 11.4. The van der Waals surface area contributed by atoms with E-state index in [1.165, 1.54) is 6.92 Å². The average Bonchev–Trinajstić information content (AvgIpc) is 2.38. The zero-order valence-corrected chi connectivity index (χ0v) is 12.0. The quantitative estimate of drug-likeness (QED) is 0.498. The molecule has 7 heteroatoms. The minimum absolute atomic E-state index is 0.0344. The third-order valence-electron chi connectivity index (χ3n) is 2.47. The number of amides is 1. The fourth-order valence-electron chi connectivity index (χ4n) is 1.26. The lowest BCUT2D eigenvalue weighted by Gasteiger charge is -2.08. The number of hydrogen-bond acceptors (Lipinski definition) is 5. The van der Waals surface area contributed by atoms with Crippen LogP contribution in [0, 0.1) is 5.92 Å². The molecule has 0 aromatic rings. The smallest absolute Gasteiger partial charge is 0.306 e. The lowest BCUT2D eigenvalue weighted by molar-refractivity contribution is -0.141. The Kier molecular flexibility index (Phi) is 10.5. The molecular weight excluding hydrogens is 266 g/mol. The first-order chi connectivity index (χ1) is 9.43. The summed E-state index contributed by atoms with van der Waals surface area (Å²) in [5, 5.41) is 11.3. The lowest BCUT2D eigenvalue weighted by atomic mass is 10.1. The Morgan fingerprint density at radius 2 is 1.80 bits per heavy atom. The minimum Gasteiger partial charge on any atom is -0.481 e. The Labute approximate surface area is 118 Å². The summed E-state index contributed by atoms with van der Waals surface area (Å²) in [5.41, 5.74) is 0. The predicted molar refractivity (Wildman–Crippen MR) is 71.4 cm³/mol. The molecule has 7 nitrogen and oxygen atoms in total. The summed E-state index contributed by atoms with van der Waals surface area (Å²) >= 11 is 0. The van der Waals surface area contributed by atoms with Crippen LogP contribution in [0.5, 0.6) is 0 Å². The van der Waals surface area contributed by atoms with E-state index in [9.17, 15) is 14.4 Å². The van der Waals surface area contributed by atoms with Gasteiger partial charge in [-0.1, -0.05) is 6.92 Å². The molecule has 0 aliphatic heterocycles. The van der Waals surface area contributed by atoms with Crippen molar-refractivity contribution in [3.05, 3.63) is 0 Å². The summed E-state index contributed by atoms with van der Waals surface area (Å²) in [4.78, 5) is 32.5. The van der Waals surface area contributed by atoms with E-state index >= 15 is 0 Å². The van der Waals surface area contributed by atoms with E-state index in [0.29, 0.717) is 32.8 Å². The Bertz CT molecular complexity index is 318. The van der Waals surface area contributed by atoms with E-state index < -0.39 is 11.9 Å². The fraction of sp³-hybridized carbons (Fsp3) is 0.769. The highest BCUT2D eigenvalue weighted by Gasteiger charge is 2.12. The van der Waals surface area contributed by atoms with Gasteiger partial charge in [0.2, 0.25) is 5.91 Å². The molecule has 0 heterocycles. The first kappa shape index (κ1) is 18.5. The third kappa shape index (κ3) is 11.6. The van der Waals surface area contributed by atoms with Gasteiger partial charge in [0.05, 0.1) is 25.7 Å². The number of ketones is 1. The molecule has 0 aliphatic carbocycles. The molecule has 0 saturated carbocycles. The normalized spacial score (nSPS) is 11.9. The van der Waals surface area contributed by atoms with Crippen LogP contribution in [-0.2, 0) is 23.9 Å². The molecule has 0 bridgehead atoms. The molecule has 0 radical (unpaired) electrons. The first-order valence-corrected chi connectivity index (χ1v) is 6.58. The second kappa shape index (κ2) is 11.4. The van der Waals surface area contributed by atoms with Gasteiger partial charge in [0.1, 0.15) is 6.61 Å². The van der Waals surface area contributed by atoms with Crippen molar-refractivity contribution in [2.24, 2.45) is 5.92 Å². The first-order valence-electron chi connectivity index (χ1n) is 6.58. The molecule has 20 heavy (non-hydrogen) atoms. The van der Waals surface area contributed by atoms with E-state index in [-0.39, 0.29) is 24.7 Å². The fourth-order valence-corrected chi connectivity index (χ4v) is 1.26. The van der Waals surface area contributed by atoms with Gasteiger partial charge in [0.15, 0.2) is 5.78 Å². The molecular formula is C13H23NO6. The Morgan fingerprint density at radius 3 is 2.40 bits per heavy atom. The largest absolute Gasteiger partial charge is 0.481 e. The van der Waals surface area contributed by atoms with Gasteiger partial charge >= 0.3 is 5.97 Å². The molecule has 0 saturated heterocycles. The maximum absolute atomic E-state index is 11.4. The summed E-state index contributed by atoms with van der Waals surface area (Å²) in [6, 6.07) is 0. The highest BCUT2D eigenvalue weighted by atomic mass is 16.5. The molecule has 0 spiro atoms. The highest BCUT2D eigenvalue weighted by Crippen LogP contribution is 2.04. The van der Waals surface area contributed by atoms with Gasteiger partial charge in [-0.25, -0.2) is 0 Å². The number of nitrogens with one attached hydrogen (secondary N) is 1. The topological polar surface area (TPSA) is 102 Å². The molecule has 0 rings (SSSR count). The van der Waals surface area contributed by atoms with Gasteiger partial charge in [-0.15, -0.1) is 0 Å². The van der Waals surface area contributed by atoms with Gasteiger partial charge in [-0.05, 0) is 13.3 Å². The summed E-state index contributed by atoms with van der Waals surface area (Å²) in [6.45, 7) is 4.52. The van der Waals surface area contributed by atoms with Crippen molar-refractivity contribution in [2.75, 3.05) is 33.0 Å². The zero-order valence-electron chi connectivity index (χ0n) is 12.0. The molecule has 0 fully saturated rings. The third-order valence-corrected chi connectivity index (χ3v) is 2.47. The number of aliphatic carboxylic acids is 1. The summed E-state index contributed by atoms with van der Waals surface area (Å²) in [7, 11) is 0. The Morgan fingerprint density at radius 1 is 1.15 bits per heavy atom. The van der Waals surface area contributed by atoms with Crippen molar-refractivity contribution < 1.29 is 29.0 Å². The number of carbonyl (C=O) groups is 3. The highest BCUT2D eigenvalue weighted by molar-refractivity contribution is 5.77. The molecule has 2 N–H and O–H groups in total. The van der Waals surface area contributed by atoms with Crippen LogP contribution in [0.1, 0.15) is 26.7 Å². The van der Waals surface area contributed by atoms with Crippen molar-refractivity contribution in [1.29, 1.82) is 0 Å². The van der Waals surface area contributed by atoms with Gasteiger partial charge < -0.3 is 19.9 Å². The van der Waals surface area contributed by atoms with Crippen LogP contribution in [0.2, 0.25) is 0 Å². The van der Waals surface area contributed by atoms with Crippen molar-refractivity contribution >= 4 is 17.7 Å². The van der Waals surface area contributed by atoms with Crippen LogP contribution in [0.15, 0.2) is 0 Å². The van der Waals surface area contributed by atoms with Gasteiger partial charge in [-0.3, -0.25) is 14.4 Å². The summed E-state index contributed by atoms with van der Waals surface area (Å²) < 4.78 is 10.2. The van der Waals surface area contributed by atoms with Gasteiger partial charge in [0, 0.05) is 13.0 Å². The van der Waals surface area contributed by atoms with E-state index in [0.717, 1.165) is 0 Å². The number of carboxylic acids is 1. The molecule has 1 amide bonds. The number of hydrogen-bond donors (Lipinski definition) is 2. The second-order valence-electron chi connectivity index (χ2n) is 4.49. The number of Topliss-reactive ketones (excluding diaryl/α,β-unsaturated/α-hetero) is 1. The number of rotatable bonds is 12. The van der Waals surface area contributed by atoms with Gasteiger partial charge in [-0.2, -0.15) is 0 Å².